The van der Waals surface area contributed by atoms with E-state index in [0.717, 1.165) is 34.1 Å². The number of benzene rings is 4. The highest BCUT2D eigenvalue weighted by atomic mass is 32.1. The summed E-state index contributed by atoms with van der Waals surface area (Å²) >= 11 is 5.71. The van der Waals surface area contributed by atoms with E-state index >= 15 is 0 Å². The molecule has 9 heteroatoms. The largest absolute Gasteiger partial charge is 0.497 e. The molecule has 1 aliphatic heterocycles. The second kappa shape index (κ2) is 12.5. The lowest BCUT2D eigenvalue weighted by molar-refractivity contribution is 0.174. The maximum absolute atomic E-state index is 6.31. The zero-order chi connectivity index (χ0) is 28.7. The Morgan fingerprint density at radius 1 is 0.738 bits per heavy atom. The van der Waals surface area contributed by atoms with Crippen molar-refractivity contribution < 1.29 is 18.9 Å². The molecule has 1 unspecified atom stereocenters. The molecule has 8 nitrogen and oxygen atoms in total. The third kappa shape index (κ3) is 6.21. The summed E-state index contributed by atoms with van der Waals surface area (Å²) in [6, 6.07) is 38.3. The minimum atomic E-state index is -0.523. The quantitative estimate of drug-likeness (QED) is 0.171. The third-order valence-electron chi connectivity index (χ3n) is 6.46. The van der Waals surface area contributed by atoms with Crippen LogP contribution in [0.25, 0.3) is 11.3 Å². The van der Waals surface area contributed by atoms with Crippen molar-refractivity contribution in [3.8, 4) is 34.4 Å². The van der Waals surface area contributed by atoms with Crippen LogP contribution < -0.4 is 19.1 Å². The zero-order valence-electron chi connectivity index (χ0n) is 22.7. The Bertz CT molecular complexity index is 1660. The molecule has 0 spiro atoms. The first-order valence-corrected chi connectivity index (χ1v) is 13.6. The van der Waals surface area contributed by atoms with Crippen molar-refractivity contribution >= 4 is 28.9 Å². The molecule has 4 aromatic carbocycles. The fraction of sp³-hybridized carbons (Fsp3) is 0.0909. The van der Waals surface area contributed by atoms with Gasteiger partial charge < -0.3 is 18.9 Å². The van der Waals surface area contributed by atoms with Gasteiger partial charge >= 0.3 is 0 Å². The maximum atomic E-state index is 6.31. The summed E-state index contributed by atoms with van der Waals surface area (Å²) in [5, 5.41) is 8.93. The Labute approximate surface area is 248 Å². The van der Waals surface area contributed by atoms with E-state index in [1.807, 2.05) is 120 Å². The van der Waals surface area contributed by atoms with Crippen LogP contribution in [0.5, 0.6) is 23.1 Å². The summed E-state index contributed by atoms with van der Waals surface area (Å²) in [5.74, 6) is 2.95. The second-order valence-electron chi connectivity index (χ2n) is 9.22. The molecule has 0 fully saturated rings. The molecule has 42 heavy (non-hydrogen) atoms. The molecule has 1 aromatic heterocycles. The number of nitrogens with zero attached hydrogens (tertiary/aromatic N) is 4. The standard InChI is InChI=1S/C33H26N4O4S/c1-38-26-18-14-25(15-19-26)37-32(24-8-4-2-5-9-24)41-31(34-33(37)42)22-39-30-21-20-29(35-36-30)23-12-16-28(17-13-23)40-27-10-6-3-7-11-27/h2-21,32H,22H2,1H3. The van der Waals surface area contributed by atoms with E-state index in [1.54, 1.807) is 13.2 Å². The van der Waals surface area contributed by atoms with Gasteiger partial charge in [0.2, 0.25) is 23.1 Å². The van der Waals surface area contributed by atoms with Gasteiger partial charge in [0, 0.05) is 22.9 Å². The molecule has 208 valence electrons. The van der Waals surface area contributed by atoms with Crippen molar-refractivity contribution in [1.82, 2.24) is 10.2 Å². The first kappa shape index (κ1) is 26.9. The van der Waals surface area contributed by atoms with Crippen LogP contribution in [0.15, 0.2) is 126 Å². The van der Waals surface area contributed by atoms with Crippen molar-refractivity contribution in [2.24, 2.45) is 4.99 Å². The minimum absolute atomic E-state index is 0.0411. The summed E-state index contributed by atoms with van der Waals surface area (Å²) in [6.07, 6.45) is -0.523. The van der Waals surface area contributed by atoms with Gasteiger partial charge in [0.15, 0.2) is 6.61 Å². The Hall–Kier alpha value is -5.28. The molecule has 0 bridgehead atoms. The lowest BCUT2D eigenvalue weighted by Crippen LogP contribution is -2.41. The van der Waals surface area contributed by atoms with E-state index in [9.17, 15) is 0 Å². The highest BCUT2D eigenvalue weighted by Crippen LogP contribution is 2.33. The lowest BCUT2D eigenvalue weighted by atomic mass is 10.1. The Morgan fingerprint density at radius 3 is 2.07 bits per heavy atom. The molecule has 1 aliphatic rings. The number of thiocarbonyl (C=S) groups is 1. The first-order chi connectivity index (χ1) is 20.7. The Morgan fingerprint density at radius 2 is 1.40 bits per heavy atom. The maximum Gasteiger partial charge on any atom is 0.233 e. The van der Waals surface area contributed by atoms with Gasteiger partial charge in [0.05, 0.1) is 12.8 Å². The molecule has 0 N–H and O–H groups in total. The van der Waals surface area contributed by atoms with Crippen molar-refractivity contribution in [2.75, 3.05) is 18.6 Å². The molecular formula is C33H26N4O4S. The average molecular weight is 575 g/mol. The van der Waals surface area contributed by atoms with Crippen molar-refractivity contribution in [2.45, 2.75) is 6.23 Å². The SMILES string of the molecule is COc1ccc(N2C(=S)N=C(COc3ccc(-c4ccc(Oc5ccccc5)cc4)nn3)OC2c2ccccc2)cc1. The van der Waals surface area contributed by atoms with E-state index in [0.29, 0.717) is 22.6 Å². The fourth-order valence-electron chi connectivity index (χ4n) is 4.36. The number of anilines is 1. The van der Waals surface area contributed by atoms with Gasteiger partial charge in [0.25, 0.3) is 0 Å². The monoisotopic (exact) mass is 574 g/mol. The van der Waals surface area contributed by atoms with E-state index in [-0.39, 0.29) is 6.61 Å². The normalized spacial score (nSPS) is 14.5. The zero-order valence-corrected chi connectivity index (χ0v) is 23.5. The van der Waals surface area contributed by atoms with Crippen LogP contribution in [-0.2, 0) is 4.74 Å². The number of aromatic nitrogens is 2. The van der Waals surface area contributed by atoms with Crippen molar-refractivity contribution in [3.05, 3.63) is 127 Å². The van der Waals surface area contributed by atoms with E-state index < -0.39 is 6.23 Å². The van der Waals surface area contributed by atoms with E-state index in [4.69, 9.17) is 31.2 Å². The average Bonchev–Trinajstić information content (AvgIpc) is 3.05. The molecular weight excluding hydrogens is 548 g/mol. The number of aliphatic imine (C=N–C) groups is 1. The van der Waals surface area contributed by atoms with E-state index in [2.05, 4.69) is 15.2 Å². The van der Waals surface area contributed by atoms with Crippen LogP contribution in [0, 0.1) is 0 Å². The number of hydrogen-bond donors (Lipinski definition) is 0. The number of rotatable bonds is 9. The molecule has 5 aromatic rings. The van der Waals surface area contributed by atoms with E-state index in [1.165, 1.54) is 0 Å². The number of hydrogen-bond acceptors (Lipinski definition) is 7. The smallest absolute Gasteiger partial charge is 0.233 e. The predicted octanol–water partition coefficient (Wildman–Crippen LogP) is 7.24. The van der Waals surface area contributed by atoms with Crippen LogP contribution in [0.4, 0.5) is 5.69 Å². The molecule has 6 rings (SSSR count). The van der Waals surface area contributed by atoms with Crippen LogP contribution >= 0.6 is 12.2 Å². The Balaban J connectivity index is 1.13. The first-order valence-electron chi connectivity index (χ1n) is 13.2. The van der Waals surface area contributed by atoms with Crippen LogP contribution in [-0.4, -0.2) is 34.9 Å². The minimum Gasteiger partial charge on any atom is -0.497 e. The summed E-state index contributed by atoms with van der Waals surface area (Å²) in [7, 11) is 1.63. The second-order valence-corrected chi connectivity index (χ2v) is 9.59. The van der Waals surface area contributed by atoms with Gasteiger partial charge in [-0.2, -0.15) is 4.99 Å². The molecule has 1 atom stereocenters. The predicted molar refractivity (Wildman–Crippen MR) is 165 cm³/mol. The highest BCUT2D eigenvalue weighted by Gasteiger charge is 2.32. The van der Waals surface area contributed by atoms with Gasteiger partial charge in [-0.1, -0.05) is 48.5 Å². The molecule has 2 heterocycles. The molecule has 0 aliphatic carbocycles. The molecule has 0 radical (unpaired) electrons. The van der Waals surface area contributed by atoms with Crippen molar-refractivity contribution in [1.29, 1.82) is 0 Å². The lowest BCUT2D eigenvalue weighted by Gasteiger charge is -2.36. The summed E-state index contributed by atoms with van der Waals surface area (Å²) in [4.78, 5) is 6.37. The Kier molecular flexibility index (Phi) is 8.00. The third-order valence-corrected chi connectivity index (χ3v) is 6.74. The topological polar surface area (TPSA) is 78.3 Å². The number of ether oxygens (including phenoxy) is 4. The number of para-hydroxylation sites is 1. The number of methoxy groups -OCH3 is 1. The van der Waals surface area contributed by atoms with Gasteiger partial charge in [-0.15, -0.1) is 10.2 Å². The highest BCUT2D eigenvalue weighted by molar-refractivity contribution is 7.80. The van der Waals surface area contributed by atoms with Crippen molar-refractivity contribution in [3.63, 3.8) is 0 Å². The molecule has 0 amide bonds. The van der Waals surface area contributed by atoms with Crippen LogP contribution in [0.1, 0.15) is 11.8 Å². The van der Waals surface area contributed by atoms with Gasteiger partial charge in [-0.25, -0.2) is 0 Å². The molecule has 0 saturated heterocycles. The van der Waals surface area contributed by atoms with Crippen LogP contribution in [0.3, 0.4) is 0 Å². The summed E-state index contributed by atoms with van der Waals surface area (Å²) in [6.45, 7) is 0.0411. The summed E-state index contributed by atoms with van der Waals surface area (Å²) in [5.41, 5.74) is 3.37. The van der Waals surface area contributed by atoms with Crippen LogP contribution in [0.2, 0.25) is 0 Å². The van der Waals surface area contributed by atoms with Gasteiger partial charge in [-0.05, 0) is 78.9 Å². The molecule has 0 saturated carbocycles. The van der Waals surface area contributed by atoms with Gasteiger partial charge in [0.1, 0.15) is 17.2 Å². The fourth-order valence-corrected chi connectivity index (χ4v) is 4.67. The summed E-state index contributed by atoms with van der Waals surface area (Å²) < 4.78 is 23.4. The van der Waals surface area contributed by atoms with Gasteiger partial charge in [-0.3, -0.25) is 4.90 Å².